The average molecular weight is 347 g/mol. The lowest BCUT2D eigenvalue weighted by Crippen LogP contribution is -2.30. The Morgan fingerprint density at radius 1 is 1.36 bits per heavy atom. The standard InChI is InChI=1S/C15H20Cl2N2O3/c16-13-5-4-11(9-14(13)17)19-15(20)18-6-2-7-21-10-12-3-1-8-22-12/h4-5,9,12H,1-3,6-8,10H2,(H2,18,19,20). The first-order chi connectivity index (χ1) is 10.6. The lowest BCUT2D eigenvalue weighted by molar-refractivity contribution is 0.0168. The second-order valence-corrected chi connectivity index (χ2v) is 5.89. The van der Waals surface area contributed by atoms with E-state index >= 15 is 0 Å². The fourth-order valence-electron chi connectivity index (χ4n) is 2.12. The van der Waals surface area contributed by atoms with Gasteiger partial charge in [-0.2, -0.15) is 0 Å². The molecule has 7 heteroatoms. The second kappa shape index (κ2) is 9.20. The summed E-state index contributed by atoms with van der Waals surface area (Å²) in [5, 5.41) is 6.31. The van der Waals surface area contributed by atoms with Crippen LogP contribution in [0.1, 0.15) is 19.3 Å². The summed E-state index contributed by atoms with van der Waals surface area (Å²) in [6.45, 7) is 2.62. The minimum absolute atomic E-state index is 0.242. The van der Waals surface area contributed by atoms with Gasteiger partial charge in [0.15, 0.2) is 0 Å². The molecule has 0 radical (unpaired) electrons. The maximum atomic E-state index is 11.7. The van der Waals surface area contributed by atoms with Gasteiger partial charge in [-0.1, -0.05) is 23.2 Å². The first kappa shape index (κ1) is 17.3. The van der Waals surface area contributed by atoms with Crippen molar-refractivity contribution in [3.8, 4) is 0 Å². The third-order valence-corrected chi connectivity index (χ3v) is 4.00. The second-order valence-electron chi connectivity index (χ2n) is 5.07. The fraction of sp³-hybridized carbons (Fsp3) is 0.533. The van der Waals surface area contributed by atoms with Gasteiger partial charge in [-0.3, -0.25) is 0 Å². The zero-order valence-corrected chi connectivity index (χ0v) is 13.8. The van der Waals surface area contributed by atoms with E-state index in [1.165, 1.54) is 0 Å². The highest BCUT2D eigenvalue weighted by Gasteiger charge is 2.14. The number of hydrogen-bond donors (Lipinski definition) is 2. The van der Waals surface area contributed by atoms with Crippen molar-refractivity contribution in [1.29, 1.82) is 0 Å². The third kappa shape index (κ3) is 6.01. The zero-order valence-electron chi connectivity index (χ0n) is 12.2. The van der Waals surface area contributed by atoms with Gasteiger partial charge in [-0.15, -0.1) is 0 Å². The highest BCUT2D eigenvalue weighted by Crippen LogP contribution is 2.24. The molecule has 1 atom stereocenters. The van der Waals surface area contributed by atoms with Crippen molar-refractivity contribution in [2.75, 3.05) is 31.7 Å². The van der Waals surface area contributed by atoms with Gasteiger partial charge in [-0.05, 0) is 37.5 Å². The molecule has 1 aromatic carbocycles. The normalized spacial score (nSPS) is 17.5. The van der Waals surface area contributed by atoms with E-state index in [4.69, 9.17) is 32.7 Å². The monoisotopic (exact) mass is 346 g/mol. The van der Waals surface area contributed by atoms with Gasteiger partial charge in [0, 0.05) is 25.4 Å². The summed E-state index contributed by atoms with van der Waals surface area (Å²) in [5.74, 6) is 0. The number of benzene rings is 1. The van der Waals surface area contributed by atoms with Gasteiger partial charge in [0.2, 0.25) is 0 Å². The Balaban J connectivity index is 1.54. The number of ether oxygens (including phenoxy) is 2. The van der Waals surface area contributed by atoms with Crippen LogP contribution in [0.15, 0.2) is 18.2 Å². The highest BCUT2D eigenvalue weighted by molar-refractivity contribution is 6.42. The highest BCUT2D eigenvalue weighted by atomic mass is 35.5. The van der Waals surface area contributed by atoms with Crippen molar-refractivity contribution in [2.45, 2.75) is 25.4 Å². The lowest BCUT2D eigenvalue weighted by atomic mass is 10.2. The SMILES string of the molecule is O=C(NCCCOCC1CCCO1)Nc1ccc(Cl)c(Cl)c1. The largest absolute Gasteiger partial charge is 0.379 e. The van der Waals surface area contributed by atoms with Gasteiger partial charge in [0.25, 0.3) is 0 Å². The zero-order chi connectivity index (χ0) is 15.8. The Morgan fingerprint density at radius 3 is 2.95 bits per heavy atom. The third-order valence-electron chi connectivity index (χ3n) is 3.26. The Hall–Kier alpha value is -1.01. The molecule has 0 bridgehead atoms. The number of carbonyl (C=O) groups is 1. The van der Waals surface area contributed by atoms with Gasteiger partial charge in [0.1, 0.15) is 0 Å². The first-order valence-electron chi connectivity index (χ1n) is 7.34. The van der Waals surface area contributed by atoms with Gasteiger partial charge >= 0.3 is 6.03 Å². The number of halogens is 2. The number of hydrogen-bond acceptors (Lipinski definition) is 3. The van der Waals surface area contributed by atoms with Crippen molar-refractivity contribution in [3.05, 3.63) is 28.2 Å². The van der Waals surface area contributed by atoms with E-state index in [0.29, 0.717) is 35.5 Å². The summed E-state index contributed by atoms with van der Waals surface area (Å²) in [6.07, 6.45) is 3.18. The van der Waals surface area contributed by atoms with Crippen LogP contribution in [0.3, 0.4) is 0 Å². The Kier molecular flexibility index (Phi) is 7.25. The van der Waals surface area contributed by atoms with Crippen molar-refractivity contribution >= 4 is 34.9 Å². The molecule has 2 N–H and O–H groups in total. The molecule has 1 fully saturated rings. The van der Waals surface area contributed by atoms with Crippen molar-refractivity contribution in [1.82, 2.24) is 5.32 Å². The van der Waals surface area contributed by atoms with Crippen LogP contribution in [0.4, 0.5) is 10.5 Å². The minimum atomic E-state index is -0.280. The number of rotatable bonds is 7. The molecule has 1 aliphatic heterocycles. The van der Waals surface area contributed by atoms with E-state index in [1.807, 2.05) is 0 Å². The molecule has 0 spiro atoms. The molecule has 1 aromatic rings. The van der Waals surface area contributed by atoms with Crippen molar-refractivity contribution < 1.29 is 14.3 Å². The molecule has 1 saturated heterocycles. The van der Waals surface area contributed by atoms with E-state index in [9.17, 15) is 4.79 Å². The van der Waals surface area contributed by atoms with Crippen LogP contribution in [-0.2, 0) is 9.47 Å². The molecule has 5 nitrogen and oxygen atoms in total. The topological polar surface area (TPSA) is 59.6 Å². The molecular formula is C15H20Cl2N2O3. The van der Waals surface area contributed by atoms with Gasteiger partial charge in [0.05, 0.1) is 22.8 Å². The van der Waals surface area contributed by atoms with Gasteiger partial charge < -0.3 is 20.1 Å². The summed E-state index contributed by atoms with van der Waals surface area (Å²) in [6, 6.07) is 4.66. The summed E-state index contributed by atoms with van der Waals surface area (Å²) in [7, 11) is 0. The Morgan fingerprint density at radius 2 is 2.23 bits per heavy atom. The van der Waals surface area contributed by atoms with Gasteiger partial charge in [-0.25, -0.2) is 4.79 Å². The van der Waals surface area contributed by atoms with E-state index in [0.717, 1.165) is 25.9 Å². The molecule has 2 rings (SSSR count). The molecular weight excluding hydrogens is 327 g/mol. The Bertz CT molecular complexity index is 494. The fourth-order valence-corrected chi connectivity index (χ4v) is 2.41. The number of urea groups is 1. The summed E-state index contributed by atoms with van der Waals surface area (Å²) in [5.41, 5.74) is 0.599. The quantitative estimate of drug-likeness (QED) is 0.740. The maximum Gasteiger partial charge on any atom is 0.319 e. The van der Waals surface area contributed by atoms with E-state index in [2.05, 4.69) is 10.6 Å². The molecule has 2 amide bonds. The molecule has 22 heavy (non-hydrogen) atoms. The van der Waals surface area contributed by atoms with Crippen LogP contribution in [0.5, 0.6) is 0 Å². The summed E-state index contributed by atoms with van der Waals surface area (Å²) < 4.78 is 11.0. The number of carbonyl (C=O) groups excluding carboxylic acids is 1. The predicted octanol–water partition coefficient (Wildman–Crippen LogP) is 3.70. The van der Waals surface area contributed by atoms with Crippen LogP contribution < -0.4 is 10.6 Å². The molecule has 0 aromatic heterocycles. The van der Waals surface area contributed by atoms with E-state index in [1.54, 1.807) is 18.2 Å². The molecule has 1 aliphatic rings. The Labute approximate surface area is 140 Å². The molecule has 0 aliphatic carbocycles. The van der Waals surface area contributed by atoms with Crippen LogP contribution in [0.25, 0.3) is 0 Å². The van der Waals surface area contributed by atoms with Crippen LogP contribution in [0.2, 0.25) is 10.0 Å². The van der Waals surface area contributed by atoms with E-state index in [-0.39, 0.29) is 12.1 Å². The lowest BCUT2D eigenvalue weighted by Gasteiger charge is -2.11. The first-order valence-corrected chi connectivity index (χ1v) is 8.10. The van der Waals surface area contributed by atoms with Crippen LogP contribution >= 0.6 is 23.2 Å². The number of nitrogens with one attached hydrogen (secondary N) is 2. The molecule has 1 unspecified atom stereocenters. The molecule has 122 valence electrons. The summed E-state index contributed by atoms with van der Waals surface area (Å²) in [4.78, 5) is 11.7. The van der Waals surface area contributed by atoms with Crippen molar-refractivity contribution in [3.63, 3.8) is 0 Å². The van der Waals surface area contributed by atoms with Crippen LogP contribution in [0, 0.1) is 0 Å². The van der Waals surface area contributed by atoms with Crippen molar-refractivity contribution in [2.24, 2.45) is 0 Å². The van der Waals surface area contributed by atoms with Crippen LogP contribution in [-0.4, -0.2) is 38.5 Å². The minimum Gasteiger partial charge on any atom is -0.379 e. The molecule has 0 saturated carbocycles. The smallest absolute Gasteiger partial charge is 0.319 e. The average Bonchev–Trinajstić information content (AvgIpc) is 3.00. The summed E-state index contributed by atoms with van der Waals surface area (Å²) >= 11 is 11.7. The number of anilines is 1. The maximum absolute atomic E-state index is 11.7. The van der Waals surface area contributed by atoms with E-state index < -0.39 is 0 Å². The predicted molar refractivity (Wildman–Crippen MR) is 87.9 cm³/mol. The number of amides is 2. The molecule has 1 heterocycles.